The normalized spacial score (nSPS) is 38.2. The van der Waals surface area contributed by atoms with Crippen LogP contribution in [-0.2, 0) is 14.2 Å². The molecule has 0 aromatic heterocycles. The fourth-order valence-electron chi connectivity index (χ4n) is 3.15. The highest BCUT2D eigenvalue weighted by Crippen LogP contribution is 2.57. The molecule has 3 heteroatoms. The molecule has 2 saturated heterocycles. The quantitative estimate of drug-likeness (QED) is 0.699. The molecule has 0 aromatic carbocycles. The van der Waals surface area contributed by atoms with Crippen LogP contribution in [-0.4, -0.2) is 39.6 Å². The summed E-state index contributed by atoms with van der Waals surface area (Å²) < 4.78 is 16.4. The van der Waals surface area contributed by atoms with Gasteiger partial charge in [-0.2, -0.15) is 0 Å². The Bertz CT molecular complexity index is 215. The summed E-state index contributed by atoms with van der Waals surface area (Å²) in [6.45, 7) is 7.94. The van der Waals surface area contributed by atoms with Crippen LogP contribution < -0.4 is 0 Å². The van der Waals surface area contributed by atoms with Gasteiger partial charge in [0.15, 0.2) is 0 Å². The van der Waals surface area contributed by atoms with Crippen molar-refractivity contribution in [2.45, 2.75) is 32.8 Å². The third-order valence-electron chi connectivity index (χ3n) is 4.60. The topological polar surface area (TPSA) is 27.7 Å². The van der Waals surface area contributed by atoms with Crippen LogP contribution in [0.2, 0.25) is 0 Å². The molecule has 0 aromatic rings. The molecule has 0 spiro atoms. The molecule has 2 aliphatic heterocycles. The van der Waals surface area contributed by atoms with Gasteiger partial charge < -0.3 is 14.2 Å². The zero-order valence-corrected chi connectivity index (χ0v) is 10.0. The van der Waals surface area contributed by atoms with Gasteiger partial charge in [0.1, 0.15) is 0 Å². The Morgan fingerprint density at radius 2 is 1.93 bits per heavy atom. The summed E-state index contributed by atoms with van der Waals surface area (Å²) in [5, 5.41) is 0. The average molecular weight is 214 g/mol. The van der Waals surface area contributed by atoms with Crippen molar-refractivity contribution in [3.63, 3.8) is 0 Å². The van der Waals surface area contributed by atoms with E-state index in [1.165, 1.54) is 6.42 Å². The van der Waals surface area contributed by atoms with Gasteiger partial charge in [0, 0.05) is 17.9 Å². The number of hydrogen-bond donors (Lipinski definition) is 0. The Kier molecular flexibility index (Phi) is 3.06. The van der Waals surface area contributed by atoms with E-state index in [0.29, 0.717) is 10.8 Å². The predicted octanol–water partition coefficient (Wildman–Crippen LogP) is 1.85. The van der Waals surface area contributed by atoms with Gasteiger partial charge in [0.2, 0.25) is 0 Å². The Labute approximate surface area is 92.1 Å². The van der Waals surface area contributed by atoms with Gasteiger partial charge in [-0.05, 0) is 12.8 Å². The van der Waals surface area contributed by atoms with E-state index in [4.69, 9.17) is 14.2 Å². The lowest BCUT2D eigenvalue weighted by Crippen LogP contribution is -2.68. The number of rotatable bonds is 5. The lowest BCUT2D eigenvalue weighted by Gasteiger charge is -2.63. The summed E-state index contributed by atoms with van der Waals surface area (Å²) in [6.07, 6.45) is 2.62. The van der Waals surface area contributed by atoms with Crippen molar-refractivity contribution >= 4 is 0 Å². The largest absolute Gasteiger partial charge is 0.382 e. The lowest BCUT2D eigenvalue weighted by molar-refractivity contribution is -0.315. The Balaban J connectivity index is 2.14. The first-order valence-electron chi connectivity index (χ1n) is 5.93. The van der Waals surface area contributed by atoms with Crippen molar-refractivity contribution in [3.8, 4) is 0 Å². The average Bonchev–Trinajstić information content (AvgIpc) is 2.18. The molecular formula is C12H22O3. The van der Waals surface area contributed by atoms with Crippen molar-refractivity contribution < 1.29 is 14.2 Å². The predicted molar refractivity (Wildman–Crippen MR) is 57.9 cm³/mol. The Hall–Kier alpha value is -0.120. The summed E-state index contributed by atoms with van der Waals surface area (Å²) in [7, 11) is 1.75. The molecule has 2 fully saturated rings. The summed E-state index contributed by atoms with van der Waals surface area (Å²) >= 11 is 0. The number of methoxy groups -OCH3 is 1. The Morgan fingerprint density at radius 1 is 1.20 bits per heavy atom. The summed E-state index contributed by atoms with van der Waals surface area (Å²) in [5.74, 6) is 0. The van der Waals surface area contributed by atoms with E-state index in [2.05, 4.69) is 13.8 Å². The highest BCUT2D eigenvalue weighted by molar-refractivity contribution is 5.09. The zero-order chi connectivity index (χ0) is 10.9. The number of hydrogen-bond acceptors (Lipinski definition) is 3. The van der Waals surface area contributed by atoms with E-state index >= 15 is 0 Å². The first kappa shape index (κ1) is 11.4. The molecule has 0 saturated carbocycles. The van der Waals surface area contributed by atoms with E-state index in [0.717, 1.165) is 32.8 Å². The molecule has 3 nitrogen and oxygen atoms in total. The third-order valence-corrected chi connectivity index (χ3v) is 4.60. The minimum Gasteiger partial charge on any atom is -0.382 e. The smallest absolute Gasteiger partial charge is 0.0893 e. The van der Waals surface area contributed by atoms with E-state index in [1.807, 2.05) is 0 Å². The minimum atomic E-state index is 0.274. The SMILES string of the molecule is CCC1(C2(CC)COC2COC)COC1. The second-order valence-corrected chi connectivity index (χ2v) is 4.89. The van der Waals surface area contributed by atoms with Crippen LogP contribution in [0.25, 0.3) is 0 Å². The maximum Gasteiger partial charge on any atom is 0.0893 e. The fourth-order valence-corrected chi connectivity index (χ4v) is 3.15. The van der Waals surface area contributed by atoms with Crippen LogP contribution in [0.3, 0.4) is 0 Å². The molecule has 2 rings (SSSR count). The maximum absolute atomic E-state index is 5.68. The first-order valence-corrected chi connectivity index (χ1v) is 5.93. The van der Waals surface area contributed by atoms with Gasteiger partial charge in [0.05, 0.1) is 32.5 Å². The fraction of sp³-hybridized carbons (Fsp3) is 1.00. The van der Waals surface area contributed by atoms with Crippen molar-refractivity contribution in [1.82, 2.24) is 0 Å². The van der Waals surface area contributed by atoms with Gasteiger partial charge in [-0.15, -0.1) is 0 Å². The molecule has 88 valence electrons. The molecule has 2 unspecified atom stereocenters. The molecule has 2 aliphatic rings. The molecule has 0 amide bonds. The van der Waals surface area contributed by atoms with Gasteiger partial charge >= 0.3 is 0 Å². The summed E-state index contributed by atoms with van der Waals surface area (Å²) in [4.78, 5) is 0. The first-order chi connectivity index (χ1) is 7.24. The number of ether oxygens (including phenoxy) is 3. The van der Waals surface area contributed by atoms with Crippen LogP contribution in [0.1, 0.15) is 26.7 Å². The summed E-state index contributed by atoms with van der Waals surface area (Å²) in [6, 6.07) is 0. The van der Waals surface area contributed by atoms with E-state index in [1.54, 1.807) is 7.11 Å². The highest BCUT2D eigenvalue weighted by Gasteiger charge is 2.62. The molecule has 2 atom stereocenters. The van der Waals surface area contributed by atoms with E-state index in [9.17, 15) is 0 Å². The van der Waals surface area contributed by atoms with Crippen molar-refractivity contribution in [2.75, 3.05) is 33.5 Å². The van der Waals surface area contributed by atoms with E-state index < -0.39 is 0 Å². The zero-order valence-electron chi connectivity index (χ0n) is 10.0. The van der Waals surface area contributed by atoms with Crippen LogP contribution in [0.15, 0.2) is 0 Å². The van der Waals surface area contributed by atoms with Gasteiger partial charge in [-0.1, -0.05) is 13.8 Å². The third kappa shape index (κ3) is 1.37. The molecular weight excluding hydrogens is 192 g/mol. The second-order valence-electron chi connectivity index (χ2n) is 4.89. The standard InChI is InChI=1S/C12H22O3/c1-4-11(7-14-8-11)12(5-2)9-15-10(12)6-13-3/h10H,4-9H2,1-3H3. The molecule has 0 bridgehead atoms. The van der Waals surface area contributed by atoms with Crippen LogP contribution >= 0.6 is 0 Å². The van der Waals surface area contributed by atoms with E-state index in [-0.39, 0.29) is 6.10 Å². The van der Waals surface area contributed by atoms with Crippen molar-refractivity contribution in [2.24, 2.45) is 10.8 Å². The van der Waals surface area contributed by atoms with Gasteiger partial charge in [-0.25, -0.2) is 0 Å². The molecule has 15 heavy (non-hydrogen) atoms. The van der Waals surface area contributed by atoms with Crippen LogP contribution in [0, 0.1) is 10.8 Å². The molecule has 2 heterocycles. The van der Waals surface area contributed by atoms with Gasteiger partial charge in [0.25, 0.3) is 0 Å². The second kappa shape index (κ2) is 4.04. The minimum absolute atomic E-state index is 0.274. The van der Waals surface area contributed by atoms with Crippen LogP contribution in [0.4, 0.5) is 0 Å². The summed E-state index contributed by atoms with van der Waals surface area (Å²) in [5.41, 5.74) is 0.652. The van der Waals surface area contributed by atoms with Crippen molar-refractivity contribution in [1.29, 1.82) is 0 Å². The lowest BCUT2D eigenvalue weighted by atomic mass is 9.54. The van der Waals surface area contributed by atoms with Crippen molar-refractivity contribution in [3.05, 3.63) is 0 Å². The molecule has 0 aliphatic carbocycles. The molecule has 0 N–H and O–H groups in total. The van der Waals surface area contributed by atoms with Gasteiger partial charge in [-0.3, -0.25) is 0 Å². The van der Waals surface area contributed by atoms with Crippen LogP contribution in [0.5, 0.6) is 0 Å². The maximum atomic E-state index is 5.68. The monoisotopic (exact) mass is 214 g/mol. The molecule has 0 radical (unpaired) electrons. The highest BCUT2D eigenvalue weighted by atomic mass is 16.6. The Morgan fingerprint density at radius 3 is 2.20 bits per heavy atom.